The summed E-state index contributed by atoms with van der Waals surface area (Å²) >= 11 is 0. The maximum atomic E-state index is 12.3. The molecule has 4 aromatic rings. The van der Waals surface area contributed by atoms with E-state index in [2.05, 4.69) is 20.4 Å². The number of anilines is 1. The Labute approximate surface area is 198 Å². The largest absolute Gasteiger partial charge is 0.467 e. The molecule has 3 aromatic carbocycles. The third kappa shape index (κ3) is 6.26. The molecule has 4 rings (SSSR count). The number of carbonyl (C=O) groups excluding carboxylic acids is 1. The molecule has 34 heavy (non-hydrogen) atoms. The zero-order valence-corrected chi connectivity index (χ0v) is 18.7. The first-order chi connectivity index (χ1) is 16.7. The average Bonchev–Trinajstić information content (AvgIpc) is 2.90. The van der Waals surface area contributed by atoms with Crippen LogP contribution in [0.3, 0.4) is 0 Å². The molecule has 0 amide bonds. The van der Waals surface area contributed by atoms with Crippen LogP contribution in [0.25, 0.3) is 11.3 Å². The van der Waals surface area contributed by atoms with Crippen molar-refractivity contribution in [3.8, 4) is 17.0 Å². The van der Waals surface area contributed by atoms with Crippen molar-refractivity contribution in [1.82, 2.24) is 9.97 Å². The van der Waals surface area contributed by atoms with Crippen molar-refractivity contribution in [1.29, 1.82) is 0 Å². The van der Waals surface area contributed by atoms with Gasteiger partial charge in [-0.3, -0.25) is 0 Å². The Morgan fingerprint density at radius 2 is 1.68 bits per heavy atom. The van der Waals surface area contributed by atoms with Crippen molar-refractivity contribution in [2.75, 3.05) is 12.4 Å². The van der Waals surface area contributed by atoms with Gasteiger partial charge in [-0.2, -0.15) is 0 Å². The van der Waals surface area contributed by atoms with E-state index >= 15 is 0 Å². The normalized spacial score (nSPS) is 11.7. The molecule has 1 atom stereocenters. The molecule has 1 N–H and O–H groups in total. The number of methoxy groups -OCH3 is 1. The second kappa shape index (κ2) is 11.4. The van der Waals surface area contributed by atoms with Crippen molar-refractivity contribution >= 4 is 18.0 Å². The van der Waals surface area contributed by atoms with Crippen molar-refractivity contribution in [3.05, 3.63) is 108 Å². The minimum atomic E-state index is -0.571. The van der Waals surface area contributed by atoms with Gasteiger partial charge in [-0.1, -0.05) is 78.0 Å². The quantitative estimate of drug-likeness (QED) is 0.224. The monoisotopic (exact) mass is 452 g/mol. The van der Waals surface area contributed by atoms with Crippen molar-refractivity contribution in [3.63, 3.8) is 0 Å². The van der Waals surface area contributed by atoms with Gasteiger partial charge >= 0.3 is 5.97 Å². The average molecular weight is 453 g/mol. The van der Waals surface area contributed by atoms with Gasteiger partial charge in [-0.15, -0.1) is 0 Å². The van der Waals surface area contributed by atoms with Crippen LogP contribution in [0.2, 0.25) is 0 Å². The van der Waals surface area contributed by atoms with Gasteiger partial charge in [0.1, 0.15) is 18.2 Å². The number of ether oxygens (including phenoxy) is 1. The smallest absolute Gasteiger partial charge is 0.328 e. The number of nitrogens with zero attached hydrogens (tertiary/aromatic N) is 3. The molecular weight excluding hydrogens is 428 g/mol. The molecule has 0 aliphatic rings. The molecule has 0 saturated heterocycles. The highest BCUT2D eigenvalue weighted by molar-refractivity contribution is 5.81. The zero-order valence-electron chi connectivity index (χ0n) is 18.7. The summed E-state index contributed by atoms with van der Waals surface area (Å²) < 4.78 is 4.98. The minimum absolute atomic E-state index is 0.356. The van der Waals surface area contributed by atoms with Gasteiger partial charge in [-0.05, 0) is 23.3 Å². The highest BCUT2D eigenvalue weighted by atomic mass is 16.6. The summed E-state index contributed by atoms with van der Waals surface area (Å²) in [4.78, 5) is 26.3. The zero-order chi connectivity index (χ0) is 23.6. The summed E-state index contributed by atoms with van der Waals surface area (Å²) in [6.07, 6.45) is 3.60. The first-order valence-electron chi connectivity index (χ1n) is 10.8. The molecule has 7 heteroatoms. The van der Waals surface area contributed by atoms with E-state index in [0.717, 1.165) is 22.4 Å². The van der Waals surface area contributed by atoms with Gasteiger partial charge in [0.05, 0.1) is 19.0 Å². The van der Waals surface area contributed by atoms with Crippen LogP contribution in [0.4, 0.5) is 5.82 Å². The van der Waals surface area contributed by atoms with Gasteiger partial charge < -0.3 is 14.9 Å². The lowest BCUT2D eigenvalue weighted by molar-refractivity contribution is -0.141. The Bertz CT molecular complexity index is 1230. The number of nitrogens with one attached hydrogen (secondary N) is 1. The number of rotatable bonds is 9. The number of hydrogen-bond donors (Lipinski definition) is 1. The summed E-state index contributed by atoms with van der Waals surface area (Å²) in [6.45, 7) is 0. The highest BCUT2D eigenvalue weighted by Gasteiger charge is 2.20. The topological polar surface area (TPSA) is 85.7 Å². The van der Waals surface area contributed by atoms with E-state index in [9.17, 15) is 4.79 Å². The van der Waals surface area contributed by atoms with Crippen LogP contribution in [-0.2, 0) is 16.0 Å². The van der Waals surface area contributed by atoms with Gasteiger partial charge in [-0.25, -0.2) is 14.8 Å². The lowest BCUT2D eigenvalue weighted by atomic mass is 10.1. The van der Waals surface area contributed by atoms with E-state index < -0.39 is 6.04 Å². The molecule has 0 unspecified atom stereocenters. The molecule has 0 fully saturated rings. The Hall–Kier alpha value is -4.52. The summed E-state index contributed by atoms with van der Waals surface area (Å²) in [6, 6.07) is 28.1. The van der Waals surface area contributed by atoms with Crippen LogP contribution in [0.5, 0.6) is 5.75 Å². The Morgan fingerprint density at radius 1 is 0.971 bits per heavy atom. The summed E-state index contributed by atoms with van der Waals surface area (Å²) in [5.74, 6) is 0.859. The lowest BCUT2D eigenvalue weighted by Crippen LogP contribution is -2.33. The third-order valence-corrected chi connectivity index (χ3v) is 5.07. The summed E-state index contributed by atoms with van der Waals surface area (Å²) in [5, 5.41) is 7.20. The van der Waals surface area contributed by atoms with E-state index in [1.807, 2.05) is 91.0 Å². The maximum absolute atomic E-state index is 12.3. The van der Waals surface area contributed by atoms with E-state index in [0.29, 0.717) is 18.0 Å². The van der Waals surface area contributed by atoms with Crippen molar-refractivity contribution in [2.45, 2.75) is 12.5 Å². The van der Waals surface area contributed by atoms with Gasteiger partial charge in [0.15, 0.2) is 5.75 Å². The van der Waals surface area contributed by atoms with Crippen LogP contribution in [0.15, 0.2) is 102 Å². The summed E-state index contributed by atoms with van der Waals surface area (Å²) in [7, 11) is 1.38. The molecular formula is C27H24N4O3. The predicted molar refractivity (Wildman–Crippen MR) is 132 cm³/mol. The first-order valence-corrected chi connectivity index (χ1v) is 10.8. The lowest BCUT2D eigenvalue weighted by Gasteiger charge is -2.17. The fourth-order valence-electron chi connectivity index (χ4n) is 3.33. The molecule has 170 valence electrons. The van der Waals surface area contributed by atoms with Crippen LogP contribution < -0.4 is 10.2 Å². The number of oxime groups is 1. The fraction of sp³-hybridized carbons (Fsp3) is 0.111. The van der Waals surface area contributed by atoms with E-state index in [-0.39, 0.29) is 5.97 Å². The SMILES string of the molecule is COC(=O)[C@H](Cc1ccccc1)Nc1cc(-c2ccc(/C=N\Oc3ccccc3)cc2)ncn1. The molecule has 0 bridgehead atoms. The van der Waals surface area contributed by atoms with Crippen LogP contribution in [0.1, 0.15) is 11.1 Å². The van der Waals surface area contributed by atoms with Crippen LogP contribution in [0, 0.1) is 0 Å². The fourth-order valence-corrected chi connectivity index (χ4v) is 3.33. The van der Waals surface area contributed by atoms with Crippen molar-refractivity contribution in [2.24, 2.45) is 5.16 Å². The Balaban J connectivity index is 1.44. The summed E-state index contributed by atoms with van der Waals surface area (Å²) in [5.41, 5.74) is 3.54. The highest BCUT2D eigenvalue weighted by Crippen LogP contribution is 2.20. The van der Waals surface area contributed by atoms with E-state index in [4.69, 9.17) is 9.57 Å². The molecule has 1 aromatic heterocycles. The van der Waals surface area contributed by atoms with E-state index in [1.165, 1.54) is 13.4 Å². The number of para-hydroxylation sites is 1. The predicted octanol–water partition coefficient (Wildman–Crippen LogP) is 4.75. The number of aromatic nitrogens is 2. The number of benzene rings is 3. The standard InChI is InChI=1S/C27H24N4O3/c1-33-27(32)25(16-20-8-4-2-5-9-20)31-26-17-24(28-19-29-26)22-14-12-21(13-15-22)18-30-34-23-10-6-3-7-11-23/h2-15,17-19,25H,16H2,1H3,(H,28,29,31)/b30-18-/t25-/m0/s1. The number of hydrogen-bond acceptors (Lipinski definition) is 7. The van der Waals surface area contributed by atoms with E-state index in [1.54, 1.807) is 6.21 Å². The molecule has 0 aliphatic heterocycles. The molecule has 0 spiro atoms. The van der Waals surface area contributed by atoms with Crippen molar-refractivity contribution < 1.29 is 14.4 Å². The molecule has 0 saturated carbocycles. The molecule has 7 nitrogen and oxygen atoms in total. The third-order valence-electron chi connectivity index (χ3n) is 5.07. The van der Waals surface area contributed by atoms with Gasteiger partial charge in [0.2, 0.25) is 0 Å². The van der Waals surface area contributed by atoms with Gasteiger partial charge in [0, 0.05) is 18.1 Å². The maximum Gasteiger partial charge on any atom is 0.328 e. The molecule has 0 aliphatic carbocycles. The first kappa shape index (κ1) is 22.7. The van der Waals surface area contributed by atoms with Crippen LogP contribution >= 0.6 is 0 Å². The second-order valence-electron chi connectivity index (χ2n) is 7.46. The Morgan fingerprint density at radius 3 is 2.38 bits per heavy atom. The van der Waals surface area contributed by atoms with Gasteiger partial charge in [0.25, 0.3) is 0 Å². The van der Waals surface area contributed by atoms with Crippen LogP contribution in [-0.4, -0.2) is 35.3 Å². The Kier molecular flexibility index (Phi) is 7.58. The number of carbonyl (C=O) groups is 1. The molecule has 1 heterocycles. The number of esters is 1. The molecule has 0 radical (unpaired) electrons. The second-order valence-corrected chi connectivity index (χ2v) is 7.46. The minimum Gasteiger partial charge on any atom is -0.467 e.